The van der Waals surface area contributed by atoms with Crippen LogP contribution >= 0.6 is 11.8 Å². The zero-order valence-electron chi connectivity index (χ0n) is 9.94. The molecular formula is C15H14OS. The molecule has 2 aromatic rings. The zero-order valence-corrected chi connectivity index (χ0v) is 10.8. The van der Waals surface area contributed by atoms with Crippen molar-refractivity contribution in [2.24, 2.45) is 0 Å². The molecule has 0 saturated carbocycles. The highest BCUT2D eigenvalue weighted by molar-refractivity contribution is 7.99. The summed E-state index contributed by atoms with van der Waals surface area (Å²) in [7, 11) is 0. The Bertz CT molecular complexity index is 546. The smallest absolute Gasteiger partial charge is 0.160 e. The van der Waals surface area contributed by atoms with Crippen LogP contribution in [-0.2, 0) is 0 Å². The maximum absolute atomic E-state index is 11.5. The van der Waals surface area contributed by atoms with E-state index in [2.05, 4.69) is 25.1 Å². The first kappa shape index (κ1) is 11.9. The molecule has 1 nitrogen and oxygen atoms in total. The molecule has 0 unspecified atom stereocenters. The van der Waals surface area contributed by atoms with Gasteiger partial charge < -0.3 is 0 Å². The summed E-state index contributed by atoms with van der Waals surface area (Å²) in [5, 5.41) is 0. The molecule has 0 bridgehead atoms. The van der Waals surface area contributed by atoms with Crippen molar-refractivity contribution in [1.82, 2.24) is 0 Å². The minimum Gasteiger partial charge on any atom is -0.294 e. The van der Waals surface area contributed by atoms with Crippen molar-refractivity contribution >= 4 is 17.5 Å². The van der Waals surface area contributed by atoms with Gasteiger partial charge in [-0.1, -0.05) is 47.7 Å². The van der Waals surface area contributed by atoms with Crippen LogP contribution in [0.5, 0.6) is 0 Å². The Morgan fingerprint density at radius 3 is 2.53 bits per heavy atom. The number of carbonyl (C=O) groups is 1. The van der Waals surface area contributed by atoms with Gasteiger partial charge in [-0.15, -0.1) is 0 Å². The number of ketones is 1. The average Bonchev–Trinajstić information content (AvgIpc) is 2.29. The highest BCUT2D eigenvalue weighted by atomic mass is 32.2. The zero-order chi connectivity index (χ0) is 12.3. The van der Waals surface area contributed by atoms with E-state index in [-0.39, 0.29) is 5.78 Å². The first-order valence-corrected chi connectivity index (χ1v) is 6.33. The molecule has 0 saturated heterocycles. The van der Waals surface area contributed by atoms with Crippen molar-refractivity contribution in [3.63, 3.8) is 0 Å². The van der Waals surface area contributed by atoms with Crippen LogP contribution in [0.3, 0.4) is 0 Å². The van der Waals surface area contributed by atoms with E-state index in [9.17, 15) is 4.79 Å². The monoisotopic (exact) mass is 242 g/mol. The maximum atomic E-state index is 11.5. The first-order valence-electron chi connectivity index (χ1n) is 5.51. The van der Waals surface area contributed by atoms with Crippen molar-refractivity contribution in [2.45, 2.75) is 23.6 Å². The minimum absolute atomic E-state index is 0.112. The normalized spacial score (nSPS) is 10.2. The fourth-order valence-corrected chi connectivity index (χ4v) is 2.77. The van der Waals surface area contributed by atoms with E-state index in [1.165, 1.54) is 10.5 Å². The molecule has 0 fully saturated rings. The van der Waals surface area contributed by atoms with E-state index in [1.807, 2.05) is 30.3 Å². The van der Waals surface area contributed by atoms with Gasteiger partial charge in [-0.3, -0.25) is 4.79 Å². The van der Waals surface area contributed by atoms with Crippen LogP contribution in [0.25, 0.3) is 0 Å². The van der Waals surface area contributed by atoms with Gasteiger partial charge in [0, 0.05) is 15.4 Å². The maximum Gasteiger partial charge on any atom is 0.160 e. The van der Waals surface area contributed by atoms with Gasteiger partial charge in [0.25, 0.3) is 0 Å². The predicted molar refractivity (Wildman–Crippen MR) is 71.7 cm³/mol. The standard InChI is InChI=1S/C15H14OS/c1-11-6-5-7-13(10-11)17-15-9-4-3-8-14(15)12(2)16/h3-10H,1-2H3. The second-order valence-corrected chi connectivity index (χ2v) is 5.09. The first-order chi connectivity index (χ1) is 8.16. The molecule has 0 spiro atoms. The highest BCUT2D eigenvalue weighted by Gasteiger charge is 2.07. The van der Waals surface area contributed by atoms with Crippen LogP contribution < -0.4 is 0 Å². The summed E-state index contributed by atoms with van der Waals surface area (Å²) in [6.45, 7) is 3.68. The Balaban J connectivity index is 2.33. The minimum atomic E-state index is 0.112. The van der Waals surface area contributed by atoms with Gasteiger partial charge in [0.15, 0.2) is 5.78 Å². The number of hydrogen-bond donors (Lipinski definition) is 0. The largest absolute Gasteiger partial charge is 0.294 e. The van der Waals surface area contributed by atoms with Crippen molar-refractivity contribution in [3.8, 4) is 0 Å². The fourth-order valence-electron chi connectivity index (χ4n) is 1.65. The summed E-state index contributed by atoms with van der Waals surface area (Å²) in [5.41, 5.74) is 2.02. The summed E-state index contributed by atoms with van der Waals surface area (Å²) >= 11 is 1.64. The molecule has 0 atom stereocenters. The molecule has 17 heavy (non-hydrogen) atoms. The third-order valence-electron chi connectivity index (χ3n) is 2.48. The lowest BCUT2D eigenvalue weighted by Crippen LogP contribution is -1.94. The summed E-state index contributed by atoms with van der Waals surface area (Å²) in [5.74, 6) is 0.112. The van der Waals surface area contributed by atoms with Crippen LogP contribution in [0.4, 0.5) is 0 Å². The van der Waals surface area contributed by atoms with Gasteiger partial charge >= 0.3 is 0 Å². The number of carbonyl (C=O) groups excluding carboxylic acids is 1. The quantitative estimate of drug-likeness (QED) is 0.744. The summed E-state index contributed by atoms with van der Waals surface area (Å²) in [6.07, 6.45) is 0. The molecule has 0 aliphatic heterocycles. The van der Waals surface area contributed by atoms with Gasteiger partial charge in [-0.05, 0) is 32.0 Å². The lowest BCUT2D eigenvalue weighted by Gasteiger charge is -2.06. The van der Waals surface area contributed by atoms with E-state index >= 15 is 0 Å². The highest BCUT2D eigenvalue weighted by Crippen LogP contribution is 2.30. The molecular weight excluding hydrogens is 228 g/mol. The Hall–Kier alpha value is -1.54. The molecule has 0 aliphatic carbocycles. The van der Waals surface area contributed by atoms with E-state index in [0.717, 1.165) is 10.5 Å². The lowest BCUT2D eigenvalue weighted by atomic mass is 10.1. The SMILES string of the molecule is CC(=O)c1ccccc1Sc1cccc(C)c1. The van der Waals surface area contributed by atoms with Crippen LogP contribution in [-0.4, -0.2) is 5.78 Å². The molecule has 0 radical (unpaired) electrons. The van der Waals surface area contributed by atoms with Gasteiger partial charge in [0.1, 0.15) is 0 Å². The van der Waals surface area contributed by atoms with Crippen molar-refractivity contribution < 1.29 is 4.79 Å². The lowest BCUT2D eigenvalue weighted by molar-refractivity contribution is 0.101. The van der Waals surface area contributed by atoms with Crippen molar-refractivity contribution in [1.29, 1.82) is 0 Å². The third-order valence-corrected chi connectivity index (χ3v) is 3.55. The van der Waals surface area contributed by atoms with Crippen LogP contribution in [0, 0.1) is 6.92 Å². The Labute approximate surface area is 106 Å². The van der Waals surface area contributed by atoms with E-state index in [0.29, 0.717) is 0 Å². The molecule has 2 aromatic carbocycles. The Morgan fingerprint density at radius 1 is 1.06 bits per heavy atom. The molecule has 0 heterocycles. The Morgan fingerprint density at radius 2 is 1.82 bits per heavy atom. The van der Waals surface area contributed by atoms with Crippen molar-refractivity contribution in [2.75, 3.05) is 0 Å². The second kappa shape index (κ2) is 5.19. The topological polar surface area (TPSA) is 17.1 Å². The van der Waals surface area contributed by atoms with Crippen molar-refractivity contribution in [3.05, 3.63) is 59.7 Å². The van der Waals surface area contributed by atoms with Gasteiger partial charge in [-0.25, -0.2) is 0 Å². The molecule has 0 N–H and O–H groups in total. The molecule has 0 aliphatic rings. The van der Waals surface area contributed by atoms with E-state index in [1.54, 1.807) is 18.7 Å². The van der Waals surface area contributed by atoms with Gasteiger partial charge in [0.05, 0.1) is 0 Å². The number of benzene rings is 2. The number of Topliss-reactive ketones (excluding diaryl/α,β-unsaturated/α-hetero) is 1. The molecule has 86 valence electrons. The van der Waals surface area contributed by atoms with Crippen LogP contribution in [0.1, 0.15) is 22.8 Å². The summed E-state index contributed by atoms with van der Waals surface area (Å²) < 4.78 is 0. The summed E-state index contributed by atoms with van der Waals surface area (Å²) in [6, 6.07) is 16.0. The average molecular weight is 242 g/mol. The third kappa shape index (κ3) is 2.98. The second-order valence-electron chi connectivity index (χ2n) is 3.97. The van der Waals surface area contributed by atoms with E-state index in [4.69, 9.17) is 0 Å². The number of aryl methyl sites for hydroxylation is 1. The fraction of sp³-hybridized carbons (Fsp3) is 0.133. The molecule has 0 aromatic heterocycles. The van der Waals surface area contributed by atoms with Gasteiger partial charge in [0.2, 0.25) is 0 Å². The summed E-state index contributed by atoms with van der Waals surface area (Å²) in [4.78, 5) is 13.7. The van der Waals surface area contributed by atoms with Gasteiger partial charge in [-0.2, -0.15) is 0 Å². The number of hydrogen-bond acceptors (Lipinski definition) is 2. The number of rotatable bonds is 3. The molecule has 0 amide bonds. The van der Waals surface area contributed by atoms with E-state index < -0.39 is 0 Å². The van der Waals surface area contributed by atoms with Crippen LogP contribution in [0.2, 0.25) is 0 Å². The molecule has 2 heteroatoms. The molecule has 2 rings (SSSR count). The van der Waals surface area contributed by atoms with Crippen LogP contribution in [0.15, 0.2) is 58.3 Å². The predicted octanol–water partition coefficient (Wildman–Crippen LogP) is 4.35. The Kier molecular flexibility index (Phi) is 3.64.